The topological polar surface area (TPSA) is 46.2 Å². The lowest BCUT2D eigenvalue weighted by Crippen LogP contribution is -2.29. The predicted molar refractivity (Wildman–Crippen MR) is 124 cm³/mol. The van der Waals surface area contributed by atoms with Crippen LogP contribution in [0.4, 0.5) is 5.69 Å². The third kappa shape index (κ3) is 5.59. The molecule has 1 aromatic heterocycles. The van der Waals surface area contributed by atoms with Crippen LogP contribution >= 0.6 is 24.0 Å². The van der Waals surface area contributed by atoms with Gasteiger partial charge < -0.3 is 15.4 Å². The Labute approximate surface area is 176 Å². The molecule has 3 aromatic rings. The molecular formula is C22H25N3OS2. The Hall–Kier alpha value is -2.31. The van der Waals surface area contributed by atoms with Crippen molar-refractivity contribution in [3.8, 4) is 5.75 Å². The first-order valence-electron chi connectivity index (χ1n) is 9.27. The van der Waals surface area contributed by atoms with Crippen LogP contribution in [-0.4, -0.2) is 29.5 Å². The summed E-state index contributed by atoms with van der Waals surface area (Å²) in [5, 5.41) is 8.17. The second-order valence-corrected chi connectivity index (χ2v) is 8.00. The van der Waals surface area contributed by atoms with Crippen LogP contribution in [0.1, 0.15) is 17.5 Å². The average Bonchev–Trinajstić information content (AvgIpc) is 2.71. The summed E-state index contributed by atoms with van der Waals surface area (Å²) < 4.78 is 5.39. The fraction of sp³-hybridized carbons (Fsp3) is 0.273. The molecule has 0 bridgehead atoms. The summed E-state index contributed by atoms with van der Waals surface area (Å²) in [7, 11) is 1.65. The van der Waals surface area contributed by atoms with Crippen molar-refractivity contribution < 1.29 is 4.74 Å². The molecular weight excluding hydrogens is 386 g/mol. The number of aromatic nitrogens is 1. The Morgan fingerprint density at radius 3 is 2.89 bits per heavy atom. The minimum atomic E-state index is 0.624. The molecule has 3 rings (SSSR count). The van der Waals surface area contributed by atoms with Gasteiger partial charge in [0.25, 0.3) is 0 Å². The summed E-state index contributed by atoms with van der Waals surface area (Å²) in [6.45, 7) is 2.98. The molecule has 2 N–H and O–H groups in total. The Morgan fingerprint density at radius 1 is 1.18 bits per heavy atom. The van der Waals surface area contributed by atoms with Crippen LogP contribution < -0.4 is 15.4 Å². The molecule has 0 amide bonds. The van der Waals surface area contributed by atoms with Crippen LogP contribution in [0.5, 0.6) is 5.75 Å². The van der Waals surface area contributed by atoms with Gasteiger partial charge >= 0.3 is 0 Å². The molecule has 0 aliphatic rings. The minimum absolute atomic E-state index is 0.624. The maximum absolute atomic E-state index is 5.45. The molecule has 4 nitrogen and oxygen atoms in total. The number of ether oxygens (including phenoxy) is 1. The van der Waals surface area contributed by atoms with Crippen LogP contribution in [0.3, 0.4) is 0 Å². The minimum Gasteiger partial charge on any atom is -0.494 e. The van der Waals surface area contributed by atoms with E-state index in [-0.39, 0.29) is 0 Å². The SMILES string of the molecule is COc1ccc(NC(=S)NCCCSCc2cccc(C)c2)c2cccnc12. The van der Waals surface area contributed by atoms with Crippen LogP contribution in [0.25, 0.3) is 10.9 Å². The fourth-order valence-electron chi connectivity index (χ4n) is 2.96. The van der Waals surface area contributed by atoms with E-state index in [4.69, 9.17) is 17.0 Å². The van der Waals surface area contributed by atoms with Crippen molar-refractivity contribution in [2.75, 3.05) is 24.7 Å². The number of thioether (sulfide) groups is 1. The Kier molecular flexibility index (Phi) is 7.51. The van der Waals surface area contributed by atoms with E-state index in [0.717, 1.165) is 46.8 Å². The van der Waals surface area contributed by atoms with Gasteiger partial charge in [-0.15, -0.1) is 0 Å². The Bertz CT molecular complexity index is 946. The average molecular weight is 412 g/mol. The number of hydrogen-bond donors (Lipinski definition) is 2. The van der Waals surface area contributed by atoms with Gasteiger partial charge in [0.15, 0.2) is 5.11 Å². The van der Waals surface area contributed by atoms with Gasteiger partial charge in [-0.2, -0.15) is 11.8 Å². The zero-order valence-electron chi connectivity index (χ0n) is 16.2. The first kappa shape index (κ1) is 20.4. The van der Waals surface area contributed by atoms with Crippen molar-refractivity contribution in [2.24, 2.45) is 0 Å². The monoisotopic (exact) mass is 411 g/mol. The number of anilines is 1. The highest BCUT2D eigenvalue weighted by Crippen LogP contribution is 2.29. The second-order valence-electron chi connectivity index (χ2n) is 6.49. The predicted octanol–water partition coefficient (Wildman–Crippen LogP) is 5.16. The van der Waals surface area contributed by atoms with E-state index in [9.17, 15) is 0 Å². The van der Waals surface area contributed by atoms with Crippen LogP contribution in [0.15, 0.2) is 54.7 Å². The Morgan fingerprint density at radius 2 is 2.07 bits per heavy atom. The van der Waals surface area contributed by atoms with E-state index in [1.54, 1.807) is 13.3 Å². The molecule has 28 heavy (non-hydrogen) atoms. The highest BCUT2D eigenvalue weighted by atomic mass is 32.2. The van der Waals surface area contributed by atoms with Crippen LogP contribution in [0, 0.1) is 6.92 Å². The van der Waals surface area contributed by atoms with E-state index < -0.39 is 0 Å². The molecule has 0 fully saturated rings. The Balaban J connectivity index is 1.43. The number of hydrogen-bond acceptors (Lipinski definition) is 4. The van der Waals surface area contributed by atoms with Gasteiger partial charge in [-0.25, -0.2) is 0 Å². The maximum atomic E-state index is 5.45. The molecule has 0 radical (unpaired) electrons. The molecule has 6 heteroatoms. The third-order valence-corrected chi connectivity index (χ3v) is 5.66. The summed E-state index contributed by atoms with van der Waals surface area (Å²) in [6.07, 6.45) is 2.82. The fourth-order valence-corrected chi connectivity index (χ4v) is 4.08. The van der Waals surface area contributed by atoms with Gasteiger partial charge in [0, 0.05) is 29.6 Å². The summed E-state index contributed by atoms with van der Waals surface area (Å²) >= 11 is 7.40. The summed E-state index contributed by atoms with van der Waals surface area (Å²) in [4.78, 5) is 4.41. The molecule has 0 spiro atoms. The number of methoxy groups -OCH3 is 1. The molecule has 2 aromatic carbocycles. The number of nitrogens with one attached hydrogen (secondary N) is 2. The number of fused-ring (bicyclic) bond motifs is 1. The molecule has 0 aliphatic heterocycles. The number of nitrogens with zero attached hydrogens (tertiary/aromatic N) is 1. The number of benzene rings is 2. The van der Waals surface area contributed by atoms with Gasteiger partial charge in [0.2, 0.25) is 0 Å². The van der Waals surface area contributed by atoms with Crippen molar-refractivity contribution in [1.82, 2.24) is 10.3 Å². The smallest absolute Gasteiger partial charge is 0.170 e. The lowest BCUT2D eigenvalue weighted by Gasteiger charge is -2.13. The zero-order valence-corrected chi connectivity index (χ0v) is 17.8. The molecule has 0 atom stereocenters. The lowest BCUT2D eigenvalue weighted by molar-refractivity contribution is 0.419. The standard InChI is InChI=1S/C22H25N3OS2/c1-16-6-3-7-17(14-16)15-28-13-5-12-24-22(27)25-19-9-10-20(26-2)21-18(19)8-4-11-23-21/h3-4,6-11,14H,5,12-13,15H2,1-2H3,(H2,24,25,27). The van der Waals surface area contributed by atoms with E-state index in [2.05, 4.69) is 46.8 Å². The second kappa shape index (κ2) is 10.3. The van der Waals surface area contributed by atoms with Gasteiger partial charge in [0.1, 0.15) is 11.3 Å². The first-order chi connectivity index (χ1) is 13.7. The number of pyridine rings is 1. The van der Waals surface area contributed by atoms with Crippen molar-refractivity contribution in [1.29, 1.82) is 0 Å². The maximum Gasteiger partial charge on any atom is 0.170 e. The van der Waals surface area contributed by atoms with E-state index in [1.807, 2.05) is 36.0 Å². The van der Waals surface area contributed by atoms with Crippen molar-refractivity contribution in [2.45, 2.75) is 19.1 Å². The largest absolute Gasteiger partial charge is 0.494 e. The number of rotatable bonds is 8. The highest BCUT2D eigenvalue weighted by Gasteiger charge is 2.08. The quantitative estimate of drug-likeness (QED) is 0.394. The summed E-state index contributed by atoms with van der Waals surface area (Å²) in [5.41, 5.74) is 4.45. The van der Waals surface area contributed by atoms with Gasteiger partial charge in [-0.3, -0.25) is 4.98 Å². The third-order valence-electron chi connectivity index (χ3n) is 4.30. The molecule has 0 saturated heterocycles. The lowest BCUT2D eigenvalue weighted by atomic mass is 10.1. The van der Waals surface area contributed by atoms with Crippen molar-refractivity contribution in [3.05, 3.63) is 65.9 Å². The van der Waals surface area contributed by atoms with Gasteiger partial charge in [-0.1, -0.05) is 29.8 Å². The number of thiocarbonyl (C=S) groups is 1. The summed E-state index contributed by atoms with van der Waals surface area (Å²) in [5.74, 6) is 2.90. The van der Waals surface area contributed by atoms with Crippen LogP contribution in [0.2, 0.25) is 0 Å². The molecule has 1 heterocycles. The van der Waals surface area contributed by atoms with Gasteiger partial charge in [-0.05, 0) is 61.1 Å². The van der Waals surface area contributed by atoms with Crippen molar-refractivity contribution in [3.63, 3.8) is 0 Å². The normalized spacial score (nSPS) is 10.6. The van der Waals surface area contributed by atoms with Crippen molar-refractivity contribution >= 4 is 45.7 Å². The number of aryl methyl sites for hydroxylation is 1. The van der Waals surface area contributed by atoms with Gasteiger partial charge in [0.05, 0.1) is 7.11 Å². The zero-order chi connectivity index (χ0) is 19.8. The molecule has 146 valence electrons. The van der Waals surface area contributed by atoms with E-state index >= 15 is 0 Å². The van der Waals surface area contributed by atoms with E-state index in [0.29, 0.717) is 5.11 Å². The molecule has 0 unspecified atom stereocenters. The summed E-state index contributed by atoms with van der Waals surface area (Å²) in [6, 6.07) is 16.5. The molecule has 0 aliphatic carbocycles. The molecule has 0 saturated carbocycles. The van der Waals surface area contributed by atoms with Crippen LogP contribution in [-0.2, 0) is 5.75 Å². The highest BCUT2D eigenvalue weighted by molar-refractivity contribution is 7.98. The van der Waals surface area contributed by atoms with E-state index in [1.165, 1.54) is 11.1 Å². The first-order valence-corrected chi connectivity index (χ1v) is 10.8.